The highest BCUT2D eigenvalue weighted by atomic mass is 16.5. The van der Waals surface area contributed by atoms with Crippen LogP contribution < -0.4 is 20.1 Å². The zero-order valence-corrected chi connectivity index (χ0v) is 16.4. The van der Waals surface area contributed by atoms with E-state index in [0.29, 0.717) is 24.9 Å². The molecular weight excluding hydrogens is 354 g/mol. The van der Waals surface area contributed by atoms with E-state index < -0.39 is 0 Å². The highest BCUT2D eigenvalue weighted by molar-refractivity contribution is 5.43. The van der Waals surface area contributed by atoms with Crippen molar-refractivity contribution in [2.24, 2.45) is 0 Å². The molecule has 1 heterocycles. The summed E-state index contributed by atoms with van der Waals surface area (Å²) in [5.41, 5.74) is 3.58. The molecule has 0 radical (unpaired) electrons. The molecule has 7 nitrogen and oxygen atoms in total. The molecule has 3 aromatic rings. The van der Waals surface area contributed by atoms with Crippen molar-refractivity contribution in [2.45, 2.75) is 19.9 Å². The van der Waals surface area contributed by atoms with Gasteiger partial charge in [0, 0.05) is 13.1 Å². The minimum Gasteiger partial charge on any atom is -0.493 e. The quantitative estimate of drug-likeness (QED) is 0.589. The van der Waals surface area contributed by atoms with Crippen LogP contribution in [-0.2, 0) is 13.0 Å². The van der Waals surface area contributed by atoms with E-state index in [1.807, 2.05) is 30.3 Å². The molecule has 2 N–H and O–H groups in total. The van der Waals surface area contributed by atoms with Crippen molar-refractivity contribution in [3.05, 3.63) is 65.4 Å². The molecule has 0 saturated heterocycles. The molecule has 0 aliphatic carbocycles. The molecule has 1 aromatic heterocycles. The van der Waals surface area contributed by atoms with Crippen molar-refractivity contribution >= 4 is 11.8 Å². The van der Waals surface area contributed by atoms with Crippen LogP contribution in [0.4, 0.5) is 11.8 Å². The van der Waals surface area contributed by atoms with Crippen LogP contribution in [0.5, 0.6) is 11.5 Å². The summed E-state index contributed by atoms with van der Waals surface area (Å²) in [6.45, 7) is 3.46. The van der Waals surface area contributed by atoms with Crippen molar-refractivity contribution in [3.63, 3.8) is 0 Å². The molecule has 3 rings (SSSR count). The average Bonchev–Trinajstić information content (AvgIpc) is 2.73. The molecular formula is C21H25N5O2. The number of anilines is 2. The Morgan fingerprint density at radius 1 is 0.964 bits per heavy atom. The van der Waals surface area contributed by atoms with E-state index in [9.17, 15) is 0 Å². The third kappa shape index (κ3) is 5.09. The summed E-state index contributed by atoms with van der Waals surface area (Å²) in [5.74, 6) is 2.64. The molecule has 28 heavy (non-hydrogen) atoms. The van der Waals surface area contributed by atoms with E-state index in [-0.39, 0.29) is 0 Å². The Hall–Kier alpha value is -3.35. The predicted octanol–water partition coefficient (Wildman–Crippen LogP) is 3.46. The van der Waals surface area contributed by atoms with Gasteiger partial charge in [-0.05, 0) is 42.2 Å². The third-order valence-electron chi connectivity index (χ3n) is 4.42. The molecule has 0 fully saturated rings. The molecule has 0 spiro atoms. The lowest BCUT2D eigenvalue weighted by molar-refractivity contribution is 0.354. The van der Waals surface area contributed by atoms with E-state index in [1.54, 1.807) is 20.4 Å². The monoisotopic (exact) mass is 379 g/mol. The van der Waals surface area contributed by atoms with Gasteiger partial charge in [-0.15, -0.1) is 5.10 Å². The molecule has 0 amide bonds. The SMILES string of the molecule is COc1ccc(CCNc2cnnc(NCc3ccccc3C)n2)cc1OC. The van der Waals surface area contributed by atoms with Crippen LogP contribution in [0, 0.1) is 6.92 Å². The molecule has 0 unspecified atom stereocenters. The Morgan fingerprint density at radius 3 is 2.57 bits per heavy atom. The first-order valence-corrected chi connectivity index (χ1v) is 9.12. The first kappa shape index (κ1) is 19.4. The van der Waals surface area contributed by atoms with Gasteiger partial charge in [-0.1, -0.05) is 30.3 Å². The summed E-state index contributed by atoms with van der Waals surface area (Å²) in [6.07, 6.45) is 2.43. The zero-order valence-electron chi connectivity index (χ0n) is 16.4. The number of aromatic nitrogens is 3. The van der Waals surface area contributed by atoms with Crippen LogP contribution in [0.15, 0.2) is 48.7 Å². The minimum absolute atomic E-state index is 0.499. The highest BCUT2D eigenvalue weighted by Gasteiger charge is 2.05. The Kier molecular flexibility index (Phi) is 6.62. The molecule has 0 bridgehead atoms. The van der Waals surface area contributed by atoms with Crippen molar-refractivity contribution < 1.29 is 9.47 Å². The molecule has 0 aliphatic heterocycles. The van der Waals surface area contributed by atoms with Crippen molar-refractivity contribution in [1.29, 1.82) is 0 Å². The van der Waals surface area contributed by atoms with Crippen LogP contribution in [-0.4, -0.2) is 35.9 Å². The second-order valence-corrected chi connectivity index (χ2v) is 6.31. The van der Waals surface area contributed by atoms with Gasteiger partial charge >= 0.3 is 0 Å². The molecule has 0 saturated carbocycles. The van der Waals surface area contributed by atoms with Crippen LogP contribution in [0.3, 0.4) is 0 Å². The first-order chi connectivity index (χ1) is 13.7. The number of nitrogens with zero attached hydrogens (tertiary/aromatic N) is 3. The van der Waals surface area contributed by atoms with Crippen molar-refractivity contribution in [3.8, 4) is 11.5 Å². The second-order valence-electron chi connectivity index (χ2n) is 6.31. The lowest BCUT2D eigenvalue weighted by Gasteiger charge is -2.11. The van der Waals surface area contributed by atoms with Crippen LogP contribution in [0.2, 0.25) is 0 Å². The van der Waals surface area contributed by atoms with E-state index in [0.717, 1.165) is 23.5 Å². The summed E-state index contributed by atoms with van der Waals surface area (Å²) >= 11 is 0. The van der Waals surface area contributed by atoms with E-state index in [2.05, 4.69) is 44.9 Å². The van der Waals surface area contributed by atoms with Gasteiger partial charge < -0.3 is 20.1 Å². The summed E-state index contributed by atoms with van der Waals surface area (Å²) in [7, 11) is 3.27. The van der Waals surface area contributed by atoms with Crippen LogP contribution in [0.25, 0.3) is 0 Å². The van der Waals surface area contributed by atoms with Gasteiger partial charge in [-0.25, -0.2) is 0 Å². The lowest BCUT2D eigenvalue weighted by atomic mass is 10.1. The van der Waals surface area contributed by atoms with Gasteiger partial charge in [0.05, 0.1) is 20.4 Å². The maximum Gasteiger partial charge on any atom is 0.244 e. The molecule has 146 valence electrons. The Labute approximate surface area is 165 Å². The fraction of sp³-hybridized carbons (Fsp3) is 0.286. The number of hydrogen-bond donors (Lipinski definition) is 2. The van der Waals surface area contributed by atoms with E-state index in [1.165, 1.54) is 11.1 Å². The topological polar surface area (TPSA) is 81.2 Å². The van der Waals surface area contributed by atoms with Gasteiger partial charge in [0.1, 0.15) is 0 Å². The highest BCUT2D eigenvalue weighted by Crippen LogP contribution is 2.27. The van der Waals surface area contributed by atoms with Gasteiger partial charge in [0.25, 0.3) is 0 Å². The summed E-state index contributed by atoms with van der Waals surface area (Å²) in [6, 6.07) is 14.1. The fourth-order valence-electron chi connectivity index (χ4n) is 2.82. The fourth-order valence-corrected chi connectivity index (χ4v) is 2.82. The standard InChI is InChI=1S/C21H25N5O2/c1-15-6-4-5-7-17(15)13-23-21-25-20(14-24-26-21)22-11-10-16-8-9-18(27-2)19(12-16)28-3/h4-9,12,14H,10-11,13H2,1-3H3,(H2,22,23,25,26). The number of hydrogen-bond acceptors (Lipinski definition) is 7. The number of nitrogens with one attached hydrogen (secondary N) is 2. The van der Waals surface area contributed by atoms with Gasteiger partial charge in [-0.3, -0.25) is 0 Å². The number of benzene rings is 2. The summed E-state index contributed by atoms with van der Waals surface area (Å²) < 4.78 is 10.6. The largest absolute Gasteiger partial charge is 0.493 e. The molecule has 2 aromatic carbocycles. The Bertz CT molecular complexity index is 917. The molecule has 0 atom stereocenters. The van der Waals surface area contributed by atoms with E-state index in [4.69, 9.17) is 9.47 Å². The predicted molar refractivity (Wildman–Crippen MR) is 110 cm³/mol. The molecule has 7 heteroatoms. The maximum atomic E-state index is 5.34. The van der Waals surface area contributed by atoms with E-state index >= 15 is 0 Å². The van der Waals surface area contributed by atoms with Crippen LogP contribution in [0.1, 0.15) is 16.7 Å². The Balaban J connectivity index is 1.54. The summed E-state index contributed by atoms with van der Waals surface area (Å²) in [4.78, 5) is 4.47. The van der Waals surface area contributed by atoms with Crippen molar-refractivity contribution in [1.82, 2.24) is 15.2 Å². The van der Waals surface area contributed by atoms with Gasteiger partial charge in [0.2, 0.25) is 5.95 Å². The third-order valence-corrected chi connectivity index (χ3v) is 4.42. The number of rotatable bonds is 9. The molecule has 0 aliphatic rings. The summed E-state index contributed by atoms with van der Waals surface area (Å²) in [5, 5.41) is 14.6. The number of ether oxygens (including phenoxy) is 2. The van der Waals surface area contributed by atoms with Crippen LogP contribution >= 0.6 is 0 Å². The van der Waals surface area contributed by atoms with Gasteiger partial charge in [0.15, 0.2) is 17.3 Å². The maximum absolute atomic E-state index is 5.34. The smallest absolute Gasteiger partial charge is 0.244 e. The number of aryl methyl sites for hydroxylation is 1. The lowest BCUT2D eigenvalue weighted by Crippen LogP contribution is -2.10. The van der Waals surface area contributed by atoms with Crippen molar-refractivity contribution in [2.75, 3.05) is 31.4 Å². The normalized spacial score (nSPS) is 10.4. The first-order valence-electron chi connectivity index (χ1n) is 9.12. The second kappa shape index (κ2) is 9.55. The Morgan fingerprint density at radius 2 is 1.79 bits per heavy atom. The number of methoxy groups -OCH3 is 2. The minimum atomic E-state index is 0.499. The zero-order chi connectivity index (χ0) is 19.8. The van der Waals surface area contributed by atoms with Gasteiger partial charge in [-0.2, -0.15) is 10.1 Å². The average molecular weight is 379 g/mol.